The summed E-state index contributed by atoms with van der Waals surface area (Å²) in [6.45, 7) is 0. The maximum absolute atomic E-state index is 13.6. The molecule has 0 amide bonds. The summed E-state index contributed by atoms with van der Waals surface area (Å²) in [7, 11) is 0. The molecule has 0 rings (SSSR count). The molecule has 0 N–H and O–H groups in total. The second-order valence-corrected chi connectivity index (χ2v) is 9.08. The van der Waals surface area contributed by atoms with Crippen LogP contribution in [0.1, 0.15) is 0 Å². The molecule has 51 heavy (non-hydrogen) atoms. The van der Waals surface area contributed by atoms with Crippen LogP contribution in [0, 0.1) is 0 Å². The van der Waals surface area contributed by atoms with Gasteiger partial charge in [0.2, 0.25) is 12.1 Å². The number of hydrogen-bond acceptors (Lipinski definition) is 0. The number of alkyl halides is 34. The molecule has 0 spiro atoms. The van der Waals surface area contributed by atoms with Crippen LogP contribution in [-0.2, 0) is 0 Å². The van der Waals surface area contributed by atoms with E-state index in [0.29, 0.717) is 0 Å². The maximum atomic E-state index is 13.6. The van der Waals surface area contributed by atoms with Crippen molar-refractivity contribution >= 4 is 0 Å². The van der Waals surface area contributed by atoms with Crippen LogP contribution in [0.5, 0.6) is 0 Å². The molecule has 0 saturated carbocycles. The minimum atomic E-state index is -9.74. The van der Waals surface area contributed by atoms with E-state index in [0.717, 1.165) is 0 Å². The first-order valence-corrected chi connectivity index (χ1v) is 10.4. The molecule has 0 aliphatic rings. The van der Waals surface area contributed by atoms with E-state index in [9.17, 15) is 149 Å². The van der Waals surface area contributed by atoms with Crippen molar-refractivity contribution in [2.24, 2.45) is 0 Å². The summed E-state index contributed by atoms with van der Waals surface area (Å²) in [6, 6.07) is -18.5. The van der Waals surface area contributed by atoms with Gasteiger partial charge in [0.15, 0.2) is 0 Å². The highest BCUT2D eigenvalue weighted by Gasteiger charge is 2.97. The van der Waals surface area contributed by atoms with E-state index in [4.69, 9.17) is 0 Å². The molecule has 0 aromatic carbocycles. The summed E-state index contributed by atoms with van der Waals surface area (Å²) in [5.74, 6) is -113. The fourth-order valence-corrected chi connectivity index (χ4v) is 2.63. The molecule has 308 valence electrons. The summed E-state index contributed by atoms with van der Waals surface area (Å²) < 4.78 is 445. The van der Waals surface area contributed by atoms with Crippen molar-refractivity contribution in [3.8, 4) is 0 Å². The van der Waals surface area contributed by atoms with Crippen LogP contribution in [0.3, 0.4) is 0 Å². The molecule has 0 fully saturated rings. The molecule has 1 nitrogen and oxygen atoms in total. The highest BCUT2D eigenvalue weighted by molar-refractivity contribution is 5.23. The molecule has 0 radical (unpaired) electrons. The Morgan fingerprint density at radius 3 is 0.412 bits per heavy atom. The fourth-order valence-electron chi connectivity index (χ4n) is 2.63. The summed E-state index contributed by atoms with van der Waals surface area (Å²) in [5.41, 5.74) is 0. The SMILES string of the molecule is FC(F)(F)C(F)(F)C(F)(F)C(F)(F)C(F)(F)C(F)(F)C(F)(F)C(F)(F)[N-]C(F)(F)C(F)(F)C(F)(F)C(F)(F)C(F)(F)C(F)(F)C(F)(F)C(F)(F)F. The van der Waals surface area contributed by atoms with Crippen molar-refractivity contribution < 1.29 is 149 Å². The van der Waals surface area contributed by atoms with Crippen LogP contribution in [0.4, 0.5) is 149 Å². The molecular weight excluding hydrogens is 852 g/mol. The third kappa shape index (κ3) is 5.89. The predicted octanol–water partition coefficient (Wildman–Crippen LogP) is 11.3. The molecule has 0 atom stereocenters. The Morgan fingerprint density at radius 1 is 0.157 bits per heavy atom. The third-order valence-corrected chi connectivity index (χ3v) is 5.69. The first kappa shape index (κ1) is 48.6. The van der Waals surface area contributed by atoms with Crippen LogP contribution < -0.4 is 0 Å². The van der Waals surface area contributed by atoms with Gasteiger partial charge in [0.25, 0.3) is 0 Å². The summed E-state index contributed by atoms with van der Waals surface area (Å²) in [5, 5.41) is -1.21. The summed E-state index contributed by atoms with van der Waals surface area (Å²) in [4.78, 5) is 0. The van der Waals surface area contributed by atoms with Gasteiger partial charge in [-0.25, -0.2) is 17.6 Å². The smallest absolute Gasteiger partial charge is 0.460 e. The third-order valence-electron chi connectivity index (χ3n) is 5.69. The Kier molecular flexibility index (Phi) is 11.0. The normalized spacial score (nSPS) is 17.3. The van der Waals surface area contributed by atoms with E-state index < -0.39 is 101 Å². The van der Waals surface area contributed by atoms with Crippen molar-refractivity contribution in [1.29, 1.82) is 0 Å². The second-order valence-electron chi connectivity index (χ2n) is 9.08. The lowest BCUT2D eigenvalue weighted by atomic mass is 9.89. The predicted molar refractivity (Wildman–Crippen MR) is 84.7 cm³/mol. The molecule has 35 heteroatoms. The van der Waals surface area contributed by atoms with Crippen LogP contribution in [0.15, 0.2) is 0 Å². The van der Waals surface area contributed by atoms with Gasteiger partial charge in [-0.1, -0.05) is 0 Å². The lowest BCUT2D eigenvalue weighted by molar-refractivity contribution is -0.464. The standard InChI is InChI=1S/C16F34N/c17-1(18,5(25,26)9(33,34)13(41,42)43)3(21,22)7(29,30)11(37,38)15(47,48)51-16(49,50)12(39,40)8(31,32)4(23,24)2(19,20)6(27,28)10(35,36)14(44,45)46/q-1. The van der Waals surface area contributed by atoms with E-state index >= 15 is 0 Å². The van der Waals surface area contributed by atoms with Crippen molar-refractivity contribution in [1.82, 2.24) is 0 Å². The van der Waals surface area contributed by atoms with Gasteiger partial charge < -0.3 is 5.32 Å². The van der Waals surface area contributed by atoms with Crippen LogP contribution in [-0.4, -0.2) is 95.5 Å². The molecule has 0 unspecified atom stereocenters. The van der Waals surface area contributed by atoms with Gasteiger partial charge in [-0.05, 0) is 0 Å². The molecule has 0 bridgehead atoms. The van der Waals surface area contributed by atoms with E-state index in [1.807, 2.05) is 0 Å². The van der Waals surface area contributed by atoms with Gasteiger partial charge in [0, 0.05) is 0 Å². The van der Waals surface area contributed by atoms with Gasteiger partial charge in [0.05, 0.1) is 0 Å². The van der Waals surface area contributed by atoms with E-state index in [1.165, 1.54) is 0 Å². The van der Waals surface area contributed by atoms with Crippen molar-refractivity contribution in [2.75, 3.05) is 0 Å². The molecule has 0 heterocycles. The zero-order valence-corrected chi connectivity index (χ0v) is 21.3. The van der Waals surface area contributed by atoms with Gasteiger partial charge in [-0.3, -0.25) is 0 Å². The van der Waals surface area contributed by atoms with Crippen molar-refractivity contribution in [3.63, 3.8) is 0 Å². The lowest BCUT2D eigenvalue weighted by Crippen LogP contribution is -2.75. The van der Waals surface area contributed by atoms with Gasteiger partial charge in [-0.2, -0.15) is 132 Å². The average molecular weight is 852 g/mol. The largest absolute Gasteiger partial charge is 0.527 e. The van der Waals surface area contributed by atoms with Gasteiger partial charge in [0.1, 0.15) is 0 Å². The average Bonchev–Trinajstić information content (AvgIpc) is 2.85. The zero-order chi connectivity index (χ0) is 42.7. The quantitative estimate of drug-likeness (QED) is 0.122. The second kappa shape index (κ2) is 11.5. The Balaban J connectivity index is 7.35. The molecule has 0 aromatic heterocycles. The van der Waals surface area contributed by atoms with Gasteiger partial charge >= 0.3 is 83.4 Å². The first-order chi connectivity index (χ1) is 21.2. The lowest BCUT2D eigenvalue weighted by Gasteiger charge is -2.50. The fraction of sp³-hybridized carbons (Fsp3) is 1.00. The monoisotopic (exact) mass is 852 g/mol. The van der Waals surface area contributed by atoms with E-state index in [-0.39, 0.29) is 0 Å². The highest BCUT2D eigenvalue weighted by Crippen LogP contribution is 2.68. The molecule has 0 aromatic rings. The Morgan fingerprint density at radius 2 is 0.275 bits per heavy atom. The number of halogens is 34. The van der Waals surface area contributed by atoms with Gasteiger partial charge in [-0.15, -0.1) is 0 Å². The molecule has 0 aliphatic carbocycles. The van der Waals surface area contributed by atoms with Crippen LogP contribution >= 0.6 is 0 Å². The minimum Gasteiger partial charge on any atom is -0.527 e. The Bertz CT molecular complexity index is 1160. The Labute approximate surface area is 251 Å². The van der Waals surface area contributed by atoms with E-state index in [2.05, 4.69) is 0 Å². The number of hydrogen-bond donors (Lipinski definition) is 0. The highest BCUT2D eigenvalue weighted by atomic mass is 19.4. The van der Waals surface area contributed by atoms with Crippen LogP contribution in [0.2, 0.25) is 0 Å². The summed E-state index contributed by atoms with van der Waals surface area (Å²) in [6.07, 6.45) is -16.6. The Hall–Kier alpha value is -2.42. The molecular formula is C16F34N-. The summed E-state index contributed by atoms with van der Waals surface area (Å²) >= 11 is 0. The first-order valence-electron chi connectivity index (χ1n) is 10.4. The molecule has 0 aliphatic heterocycles. The maximum Gasteiger partial charge on any atom is 0.460 e. The van der Waals surface area contributed by atoms with Crippen LogP contribution in [0.25, 0.3) is 5.32 Å². The molecule has 0 saturated heterocycles. The minimum absolute atomic E-state index is 1.21. The van der Waals surface area contributed by atoms with E-state index in [1.54, 1.807) is 0 Å². The number of rotatable bonds is 14. The van der Waals surface area contributed by atoms with Crippen molar-refractivity contribution in [2.45, 2.75) is 95.5 Å². The topological polar surface area (TPSA) is 14.1 Å². The zero-order valence-electron chi connectivity index (χ0n) is 21.3. The number of nitrogens with zero attached hydrogens (tertiary/aromatic N) is 1. The van der Waals surface area contributed by atoms with Crippen molar-refractivity contribution in [3.05, 3.63) is 5.32 Å².